The van der Waals surface area contributed by atoms with Gasteiger partial charge in [-0.2, -0.15) is 0 Å². The first kappa shape index (κ1) is 11.3. The highest BCUT2D eigenvalue weighted by atomic mass is 127. The summed E-state index contributed by atoms with van der Waals surface area (Å²) in [5, 5.41) is 0. The van der Waals surface area contributed by atoms with E-state index in [1.807, 2.05) is 19.1 Å². The van der Waals surface area contributed by atoms with Gasteiger partial charge in [-0.3, -0.25) is 4.79 Å². The SMILES string of the molecule is CC(=O)OCc1c(I)ccc(N)c1C. The van der Waals surface area contributed by atoms with Crippen LogP contribution in [-0.2, 0) is 16.1 Å². The summed E-state index contributed by atoms with van der Waals surface area (Å²) >= 11 is 2.20. The van der Waals surface area contributed by atoms with Gasteiger partial charge in [-0.05, 0) is 47.2 Å². The molecule has 0 saturated heterocycles. The van der Waals surface area contributed by atoms with Crippen molar-refractivity contribution in [1.29, 1.82) is 0 Å². The third kappa shape index (κ3) is 2.60. The Morgan fingerprint density at radius 2 is 2.21 bits per heavy atom. The summed E-state index contributed by atoms with van der Waals surface area (Å²) in [5.41, 5.74) is 8.45. The van der Waals surface area contributed by atoms with Crippen LogP contribution in [0.25, 0.3) is 0 Å². The first-order valence-electron chi connectivity index (χ1n) is 4.19. The molecule has 0 fully saturated rings. The van der Waals surface area contributed by atoms with Gasteiger partial charge in [-0.15, -0.1) is 0 Å². The van der Waals surface area contributed by atoms with Crippen molar-refractivity contribution < 1.29 is 9.53 Å². The molecule has 4 heteroatoms. The van der Waals surface area contributed by atoms with Crippen LogP contribution >= 0.6 is 22.6 Å². The molecule has 0 aliphatic rings. The van der Waals surface area contributed by atoms with Crippen LogP contribution in [-0.4, -0.2) is 5.97 Å². The van der Waals surface area contributed by atoms with Crippen molar-refractivity contribution in [3.63, 3.8) is 0 Å². The average molecular weight is 305 g/mol. The Kier molecular flexibility index (Phi) is 3.74. The lowest BCUT2D eigenvalue weighted by molar-refractivity contribution is -0.142. The fourth-order valence-electron chi connectivity index (χ4n) is 1.09. The number of hydrogen-bond donors (Lipinski definition) is 1. The lowest BCUT2D eigenvalue weighted by atomic mass is 10.1. The maximum atomic E-state index is 10.7. The molecule has 1 aromatic carbocycles. The van der Waals surface area contributed by atoms with Gasteiger partial charge < -0.3 is 10.5 Å². The third-order valence-electron chi connectivity index (χ3n) is 2.00. The second kappa shape index (κ2) is 4.63. The van der Waals surface area contributed by atoms with E-state index in [9.17, 15) is 4.79 Å². The first-order chi connectivity index (χ1) is 6.52. The molecule has 0 heterocycles. The van der Waals surface area contributed by atoms with Crippen molar-refractivity contribution in [1.82, 2.24) is 0 Å². The zero-order valence-corrected chi connectivity index (χ0v) is 10.3. The summed E-state index contributed by atoms with van der Waals surface area (Å²) in [7, 11) is 0. The smallest absolute Gasteiger partial charge is 0.302 e. The Bertz CT molecular complexity index is 363. The van der Waals surface area contributed by atoms with Gasteiger partial charge in [-0.25, -0.2) is 0 Å². The van der Waals surface area contributed by atoms with Crippen molar-refractivity contribution in [2.24, 2.45) is 0 Å². The van der Waals surface area contributed by atoms with Gasteiger partial charge in [0.15, 0.2) is 0 Å². The van der Waals surface area contributed by atoms with Gasteiger partial charge >= 0.3 is 5.97 Å². The number of rotatable bonds is 2. The van der Waals surface area contributed by atoms with E-state index in [1.54, 1.807) is 0 Å². The molecule has 0 aliphatic carbocycles. The average Bonchev–Trinajstić information content (AvgIpc) is 2.11. The van der Waals surface area contributed by atoms with Crippen molar-refractivity contribution in [3.8, 4) is 0 Å². The van der Waals surface area contributed by atoms with Gasteiger partial charge in [0, 0.05) is 21.7 Å². The lowest BCUT2D eigenvalue weighted by Gasteiger charge is -2.10. The number of halogens is 1. The summed E-state index contributed by atoms with van der Waals surface area (Å²) < 4.78 is 6.01. The third-order valence-corrected chi connectivity index (χ3v) is 3.01. The van der Waals surface area contributed by atoms with Gasteiger partial charge in [0.05, 0.1) is 0 Å². The normalized spacial score (nSPS) is 9.93. The largest absolute Gasteiger partial charge is 0.461 e. The highest BCUT2D eigenvalue weighted by molar-refractivity contribution is 14.1. The van der Waals surface area contributed by atoms with E-state index in [1.165, 1.54) is 6.92 Å². The molecule has 0 aromatic heterocycles. The maximum Gasteiger partial charge on any atom is 0.302 e. The Morgan fingerprint density at radius 3 is 2.79 bits per heavy atom. The lowest BCUT2D eigenvalue weighted by Crippen LogP contribution is -2.04. The predicted octanol–water partition coefficient (Wildman–Crippen LogP) is 2.24. The monoisotopic (exact) mass is 305 g/mol. The van der Waals surface area contributed by atoms with E-state index >= 15 is 0 Å². The number of ether oxygens (including phenoxy) is 1. The number of carbonyl (C=O) groups is 1. The summed E-state index contributed by atoms with van der Waals surface area (Å²) in [6.45, 7) is 3.62. The molecule has 0 amide bonds. The van der Waals surface area contributed by atoms with Crippen LogP contribution in [0.3, 0.4) is 0 Å². The standard InChI is InChI=1S/C10H12INO2/c1-6-8(5-14-7(2)13)9(11)3-4-10(6)12/h3-4H,5,12H2,1-2H3. The van der Waals surface area contributed by atoms with E-state index in [4.69, 9.17) is 10.5 Å². The molecule has 0 saturated carbocycles. The van der Waals surface area contributed by atoms with E-state index in [-0.39, 0.29) is 5.97 Å². The summed E-state index contributed by atoms with van der Waals surface area (Å²) in [6, 6.07) is 3.77. The molecule has 1 rings (SSSR count). The van der Waals surface area contributed by atoms with Crippen molar-refractivity contribution in [3.05, 3.63) is 26.8 Å². The van der Waals surface area contributed by atoms with E-state index in [2.05, 4.69) is 22.6 Å². The number of carbonyl (C=O) groups excluding carboxylic acids is 1. The predicted molar refractivity (Wildman–Crippen MR) is 63.8 cm³/mol. The topological polar surface area (TPSA) is 52.3 Å². The van der Waals surface area contributed by atoms with E-state index in [0.29, 0.717) is 6.61 Å². The summed E-state index contributed by atoms with van der Waals surface area (Å²) in [6.07, 6.45) is 0. The molecule has 0 atom stereocenters. The van der Waals surface area contributed by atoms with Crippen LogP contribution in [0.1, 0.15) is 18.1 Å². The molecule has 14 heavy (non-hydrogen) atoms. The van der Waals surface area contributed by atoms with Crippen LogP contribution in [0.5, 0.6) is 0 Å². The Labute approximate surface area is 96.8 Å². The minimum Gasteiger partial charge on any atom is -0.461 e. The molecule has 0 radical (unpaired) electrons. The highest BCUT2D eigenvalue weighted by Crippen LogP contribution is 2.22. The van der Waals surface area contributed by atoms with Crippen LogP contribution in [0.4, 0.5) is 5.69 Å². The minimum atomic E-state index is -0.275. The summed E-state index contributed by atoms with van der Waals surface area (Å²) in [5.74, 6) is -0.275. The Hall–Kier alpha value is -0.780. The maximum absolute atomic E-state index is 10.7. The fourth-order valence-corrected chi connectivity index (χ4v) is 1.83. The molecule has 76 valence electrons. The van der Waals surface area contributed by atoms with Gasteiger partial charge in [0.25, 0.3) is 0 Å². The first-order valence-corrected chi connectivity index (χ1v) is 5.27. The second-order valence-corrected chi connectivity index (χ2v) is 4.18. The number of nitrogens with two attached hydrogens (primary N) is 1. The van der Waals surface area contributed by atoms with Gasteiger partial charge in [0.1, 0.15) is 6.61 Å². The zero-order valence-electron chi connectivity index (χ0n) is 8.13. The molecule has 3 nitrogen and oxygen atoms in total. The fraction of sp³-hybridized carbons (Fsp3) is 0.300. The van der Waals surface area contributed by atoms with Crippen LogP contribution in [0.15, 0.2) is 12.1 Å². The number of esters is 1. The van der Waals surface area contributed by atoms with Crippen molar-refractivity contribution in [2.45, 2.75) is 20.5 Å². The number of anilines is 1. The van der Waals surface area contributed by atoms with Crippen molar-refractivity contribution >= 4 is 34.2 Å². The van der Waals surface area contributed by atoms with E-state index < -0.39 is 0 Å². The molecular weight excluding hydrogens is 293 g/mol. The van der Waals surface area contributed by atoms with E-state index in [0.717, 1.165) is 20.4 Å². The molecule has 0 spiro atoms. The number of nitrogen functional groups attached to an aromatic ring is 1. The molecule has 2 N–H and O–H groups in total. The minimum absolute atomic E-state index is 0.275. The molecule has 1 aromatic rings. The van der Waals surface area contributed by atoms with Crippen molar-refractivity contribution in [2.75, 3.05) is 5.73 Å². The zero-order chi connectivity index (χ0) is 10.7. The molecule has 0 unspecified atom stereocenters. The Morgan fingerprint density at radius 1 is 1.57 bits per heavy atom. The molecule has 0 aliphatic heterocycles. The van der Waals surface area contributed by atoms with Gasteiger partial charge in [0.2, 0.25) is 0 Å². The Balaban J connectivity index is 2.95. The number of benzene rings is 1. The van der Waals surface area contributed by atoms with Crippen LogP contribution < -0.4 is 5.73 Å². The quantitative estimate of drug-likeness (QED) is 0.518. The second-order valence-electron chi connectivity index (χ2n) is 3.02. The highest BCUT2D eigenvalue weighted by Gasteiger charge is 2.07. The van der Waals surface area contributed by atoms with Crippen LogP contribution in [0.2, 0.25) is 0 Å². The van der Waals surface area contributed by atoms with Gasteiger partial charge in [-0.1, -0.05) is 0 Å². The molecule has 0 bridgehead atoms. The molecular formula is C10H12INO2. The van der Waals surface area contributed by atoms with Crippen LogP contribution in [0, 0.1) is 10.5 Å². The summed E-state index contributed by atoms with van der Waals surface area (Å²) in [4.78, 5) is 10.7. The number of hydrogen-bond acceptors (Lipinski definition) is 3.